The maximum atomic E-state index is 13.3. The van der Waals surface area contributed by atoms with Crippen molar-refractivity contribution in [3.05, 3.63) is 82.9 Å². The molecule has 0 amide bonds. The molecule has 0 N–H and O–H groups in total. The van der Waals surface area contributed by atoms with E-state index in [-0.39, 0.29) is 11.3 Å². The number of carbonyl (C=O) groups is 2. The maximum absolute atomic E-state index is 13.3. The summed E-state index contributed by atoms with van der Waals surface area (Å²) in [5.41, 5.74) is 5.89. The molecule has 32 heavy (non-hydrogen) atoms. The molecule has 0 aliphatic carbocycles. The van der Waals surface area contributed by atoms with Crippen molar-refractivity contribution in [2.75, 3.05) is 0 Å². The first-order valence-corrected chi connectivity index (χ1v) is 10.7. The molecule has 3 aromatic carbocycles. The number of carbonyl (C=O) groups excluding carboxylic acids is 2. The van der Waals surface area contributed by atoms with Gasteiger partial charge >= 0.3 is 5.97 Å². The molecule has 0 saturated carbocycles. The van der Waals surface area contributed by atoms with Gasteiger partial charge in [0.05, 0.1) is 11.2 Å². The molecular weight excluding hydrogens is 400 g/mol. The van der Waals surface area contributed by atoms with Gasteiger partial charge in [-0.2, -0.15) is 0 Å². The van der Waals surface area contributed by atoms with E-state index in [0.717, 1.165) is 44.2 Å². The largest absolute Gasteiger partial charge is 0.334 e. The number of rotatable bonds is 3. The lowest BCUT2D eigenvalue weighted by molar-refractivity contribution is -0.140. The van der Waals surface area contributed by atoms with Crippen LogP contribution >= 0.6 is 0 Å². The van der Waals surface area contributed by atoms with E-state index in [2.05, 4.69) is 29.6 Å². The molecule has 4 aromatic rings. The van der Waals surface area contributed by atoms with Crippen molar-refractivity contribution in [2.24, 2.45) is 5.16 Å². The van der Waals surface area contributed by atoms with Gasteiger partial charge in [-0.15, -0.1) is 0 Å². The van der Waals surface area contributed by atoms with E-state index in [1.807, 2.05) is 61.5 Å². The summed E-state index contributed by atoms with van der Waals surface area (Å²) in [7, 11) is 0. The number of hydrogen-bond acceptors (Lipinski definition) is 4. The SMILES string of the molecule is CC(=O)O/N=C1\CC(C)(C)n2c3ccc(C(=O)c4ccccc4C)cc3c3cccc1c32. The van der Waals surface area contributed by atoms with Gasteiger partial charge in [-0.3, -0.25) is 4.79 Å². The first-order valence-electron chi connectivity index (χ1n) is 10.7. The minimum Gasteiger partial charge on any atom is -0.334 e. The molecule has 1 aliphatic rings. The second-order valence-corrected chi connectivity index (χ2v) is 9.02. The van der Waals surface area contributed by atoms with Crippen LogP contribution in [-0.4, -0.2) is 22.0 Å². The zero-order valence-corrected chi connectivity index (χ0v) is 18.6. The number of fused-ring (bicyclic) bond motifs is 3. The molecule has 0 unspecified atom stereocenters. The highest BCUT2D eigenvalue weighted by Crippen LogP contribution is 2.42. The monoisotopic (exact) mass is 424 g/mol. The summed E-state index contributed by atoms with van der Waals surface area (Å²) in [5, 5.41) is 6.25. The Kier molecular flexibility index (Phi) is 4.52. The fourth-order valence-corrected chi connectivity index (χ4v) is 4.84. The Balaban J connectivity index is 1.76. The average molecular weight is 425 g/mol. The van der Waals surface area contributed by atoms with Crippen LogP contribution in [0.25, 0.3) is 21.8 Å². The molecule has 0 radical (unpaired) electrons. The Bertz CT molecular complexity index is 1460. The van der Waals surface area contributed by atoms with E-state index in [0.29, 0.717) is 12.0 Å². The van der Waals surface area contributed by atoms with Crippen molar-refractivity contribution < 1.29 is 14.4 Å². The number of aromatic nitrogens is 1. The van der Waals surface area contributed by atoms with Crippen LogP contribution in [0.3, 0.4) is 0 Å². The zero-order chi connectivity index (χ0) is 22.6. The molecule has 5 heteroatoms. The predicted molar refractivity (Wildman–Crippen MR) is 126 cm³/mol. The van der Waals surface area contributed by atoms with Crippen LogP contribution in [0.4, 0.5) is 0 Å². The third kappa shape index (κ3) is 3.04. The summed E-state index contributed by atoms with van der Waals surface area (Å²) in [5.74, 6) is -0.416. The number of aryl methyl sites for hydroxylation is 1. The molecule has 0 bridgehead atoms. The fraction of sp³-hybridized carbons (Fsp3) is 0.222. The molecule has 0 atom stereocenters. The minimum atomic E-state index is -0.437. The van der Waals surface area contributed by atoms with Gasteiger partial charge in [-0.05, 0) is 44.5 Å². The lowest BCUT2D eigenvalue weighted by atomic mass is 9.88. The van der Waals surface area contributed by atoms with Gasteiger partial charge in [0, 0.05) is 51.9 Å². The Morgan fingerprint density at radius 1 is 1.00 bits per heavy atom. The van der Waals surface area contributed by atoms with Crippen LogP contribution in [0.2, 0.25) is 0 Å². The lowest BCUT2D eigenvalue weighted by Gasteiger charge is -2.34. The van der Waals surface area contributed by atoms with Gasteiger partial charge in [0.1, 0.15) is 0 Å². The minimum absolute atomic E-state index is 0.0216. The summed E-state index contributed by atoms with van der Waals surface area (Å²) in [4.78, 5) is 29.6. The van der Waals surface area contributed by atoms with E-state index < -0.39 is 5.97 Å². The van der Waals surface area contributed by atoms with Crippen LogP contribution in [0.1, 0.15) is 54.2 Å². The quantitative estimate of drug-likeness (QED) is 0.239. The van der Waals surface area contributed by atoms with Crippen molar-refractivity contribution >= 4 is 39.3 Å². The first-order chi connectivity index (χ1) is 15.3. The van der Waals surface area contributed by atoms with Gasteiger partial charge < -0.3 is 9.40 Å². The third-order valence-electron chi connectivity index (χ3n) is 6.24. The van der Waals surface area contributed by atoms with Gasteiger partial charge in [0.15, 0.2) is 5.78 Å². The number of oxime groups is 1. The molecule has 1 aromatic heterocycles. The van der Waals surface area contributed by atoms with Crippen LogP contribution in [0.15, 0.2) is 65.8 Å². The van der Waals surface area contributed by atoms with Crippen LogP contribution in [0, 0.1) is 6.92 Å². The van der Waals surface area contributed by atoms with Crippen LogP contribution < -0.4 is 0 Å². The highest BCUT2D eigenvalue weighted by molar-refractivity contribution is 6.20. The van der Waals surface area contributed by atoms with Gasteiger partial charge in [-0.25, -0.2) is 4.79 Å². The highest BCUT2D eigenvalue weighted by atomic mass is 16.7. The summed E-state index contributed by atoms with van der Waals surface area (Å²) in [6.45, 7) is 7.61. The van der Waals surface area contributed by atoms with Crippen LogP contribution in [-0.2, 0) is 15.2 Å². The molecule has 0 fully saturated rings. The van der Waals surface area contributed by atoms with E-state index in [1.165, 1.54) is 6.92 Å². The molecule has 0 saturated heterocycles. The smallest absolute Gasteiger partial charge is 0.331 e. The van der Waals surface area contributed by atoms with Crippen molar-refractivity contribution in [2.45, 2.75) is 39.7 Å². The topological polar surface area (TPSA) is 60.7 Å². The van der Waals surface area contributed by atoms with Gasteiger partial charge in [0.2, 0.25) is 0 Å². The fourth-order valence-electron chi connectivity index (χ4n) is 4.84. The normalized spacial score (nSPS) is 15.9. The summed E-state index contributed by atoms with van der Waals surface area (Å²) in [6, 6.07) is 19.7. The zero-order valence-electron chi connectivity index (χ0n) is 18.6. The van der Waals surface area contributed by atoms with Crippen molar-refractivity contribution in [1.82, 2.24) is 4.57 Å². The van der Waals surface area contributed by atoms with Crippen molar-refractivity contribution in [1.29, 1.82) is 0 Å². The number of hydrogen-bond donors (Lipinski definition) is 0. The molecule has 5 nitrogen and oxygen atoms in total. The van der Waals surface area contributed by atoms with Gasteiger partial charge in [0.25, 0.3) is 0 Å². The summed E-state index contributed by atoms with van der Waals surface area (Å²) in [6.07, 6.45) is 0.625. The lowest BCUT2D eigenvalue weighted by Crippen LogP contribution is -2.34. The van der Waals surface area contributed by atoms with E-state index >= 15 is 0 Å². The Morgan fingerprint density at radius 2 is 1.78 bits per heavy atom. The third-order valence-corrected chi connectivity index (χ3v) is 6.24. The van der Waals surface area contributed by atoms with E-state index in [1.54, 1.807) is 0 Å². The predicted octanol–water partition coefficient (Wildman–Crippen LogP) is 5.74. The average Bonchev–Trinajstić information content (AvgIpc) is 3.11. The number of ketones is 1. The van der Waals surface area contributed by atoms with E-state index in [9.17, 15) is 9.59 Å². The maximum Gasteiger partial charge on any atom is 0.331 e. The first kappa shape index (κ1) is 20.2. The second-order valence-electron chi connectivity index (χ2n) is 9.02. The van der Waals surface area contributed by atoms with Crippen LogP contribution in [0.5, 0.6) is 0 Å². The molecule has 2 heterocycles. The molecule has 1 aliphatic heterocycles. The summed E-state index contributed by atoms with van der Waals surface area (Å²) >= 11 is 0. The standard InChI is InChI=1S/C27H24N2O3/c1-16-8-5-6-9-19(16)26(31)18-12-13-24-22(14-18)20-10-7-11-21-23(28-32-17(2)30)15-27(3,4)29(24)25(20)21/h5-14H,15H2,1-4H3/b28-23+. The van der Waals surface area contributed by atoms with Crippen molar-refractivity contribution in [3.8, 4) is 0 Å². The Hall–Kier alpha value is -3.73. The summed E-state index contributed by atoms with van der Waals surface area (Å²) < 4.78 is 2.32. The number of benzene rings is 3. The molecular formula is C27H24N2O3. The Labute approximate surface area is 186 Å². The molecule has 160 valence electrons. The van der Waals surface area contributed by atoms with Gasteiger partial charge in [-0.1, -0.05) is 47.6 Å². The van der Waals surface area contributed by atoms with E-state index in [4.69, 9.17) is 4.84 Å². The van der Waals surface area contributed by atoms with Crippen molar-refractivity contribution in [3.63, 3.8) is 0 Å². The molecule has 0 spiro atoms. The number of para-hydroxylation sites is 1. The Morgan fingerprint density at radius 3 is 2.53 bits per heavy atom. The molecule has 5 rings (SSSR count). The number of nitrogens with zero attached hydrogens (tertiary/aromatic N) is 2. The second kappa shape index (κ2) is 7.16. The highest BCUT2D eigenvalue weighted by Gasteiger charge is 2.34.